The van der Waals surface area contributed by atoms with E-state index >= 15 is 0 Å². The first kappa shape index (κ1) is 12.8. The highest BCUT2D eigenvalue weighted by atomic mass is 35.5. The maximum atomic E-state index is 5.95. The van der Waals surface area contributed by atoms with Crippen LogP contribution >= 0.6 is 11.6 Å². The third kappa shape index (κ3) is 2.98. The number of aromatic nitrogens is 4. The second kappa shape index (κ2) is 5.82. The second-order valence-electron chi connectivity index (χ2n) is 4.06. The van der Waals surface area contributed by atoms with E-state index < -0.39 is 0 Å². The molecule has 0 bridgehead atoms. The van der Waals surface area contributed by atoms with E-state index in [2.05, 4.69) is 27.3 Å². The van der Waals surface area contributed by atoms with Crippen molar-refractivity contribution in [2.75, 3.05) is 11.9 Å². The number of nitrogens with one attached hydrogen (secondary N) is 1. The third-order valence-corrected chi connectivity index (χ3v) is 2.99. The molecule has 1 N–H and O–H groups in total. The van der Waals surface area contributed by atoms with Crippen molar-refractivity contribution in [1.82, 2.24) is 19.7 Å². The minimum Gasteiger partial charge on any atom is -0.369 e. The van der Waals surface area contributed by atoms with Gasteiger partial charge in [0.25, 0.3) is 0 Å². The smallest absolute Gasteiger partial charge is 0.144 e. The first-order chi connectivity index (χ1) is 8.70. The Morgan fingerprint density at radius 2 is 2.11 bits per heavy atom. The Morgan fingerprint density at radius 3 is 2.67 bits per heavy atom. The largest absolute Gasteiger partial charge is 0.369 e. The van der Waals surface area contributed by atoms with Crippen LogP contribution in [0.3, 0.4) is 0 Å². The molecule has 0 aromatic carbocycles. The van der Waals surface area contributed by atoms with Gasteiger partial charge in [-0.3, -0.25) is 9.67 Å². The van der Waals surface area contributed by atoms with E-state index in [0.29, 0.717) is 11.6 Å². The van der Waals surface area contributed by atoms with E-state index in [-0.39, 0.29) is 0 Å². The summed E-state index contributed by atoms with van der Waals surface area (Å²) < 4.78 is 1.81. The van der Waals surface area contributed by atoms with Crippen molar-refractivity contribution in [1.29, 1.82) is 0 Å². The highest BCUT2D eigenvalue weighted by Crippen LogP contribution is 2.14. The highest BCUT2D eigenvalue weighted by molar-refractivity contribution is 6.31. The molecule has 0 saturated carbocycles. The van der Waals surface area contributed by atoms with Crippen LogP contribution in [0.15, 0.2) is 18.6 Å². The molecule has 2 heterocycles. The average molecular weight is 266 g/mol. The lowest BCUT2D eigenvalue weighted by Crippen LogP contribution is -2.07. The molecule has 2 rings (SSSR count). The van der Waals surface area contributed by atoms with Gasteiger partial charge in [-0.05, 0) is 13.3 Å². The molecule has 0 amide bonds. The van der Waals surface area contributed by atoms with Crippen LogP contribution in [0.5, 0.6) is 0 Å². The Labute approximate surface area is 111 Å². The highest BCUT2D eigenvalue weighted by Gasteiger charge is 2.05. The Morgan fingerprint density at radius 1 is 1.28 bits per heavy atom. The van der Waals surface area contributed by atoms with Crippen LogP contribution in [0.2, 0.25) is 5.02 Å². The maximum absolute atomic E-state index is 5.95. The zero-order valence-electron chi connectivity index (χ0n) is 10.5. The maximum Gasteiger partial charge on any atom is 0.144 e. The Bertz CT molecular complexity index is 506. The molecule has 0 fully saturated rings. The molecule has 5 nitrogen and oxygen atoms in total. The van der Waals surface area contributed by atoms with E-state index in [4.69, 9.17) is 11.6 Å². The molecule has 6 heteroatoms. The molecule has 2 aromatic heterocycles. The first-order valence-corrected chi connectivity index (χ1v) is 6.31. The Kier molecular flexibility index (Phi) is 4.15. The third-order valence-electron chi connectivity index (χ3n) is 2.62. The standard InChI is InChI=1S/C12H16ClN5/c1-3-4-14-12-7-15-10(5-16-12)8-18-9(2)11(13)6-17-18/h5-7H,3-4,8H2,1-2H3,(H,14,16). The Balaban J connectivity index is 2.04. The van der Waals surface area contributed by atoms with Crippen LogP contribution in [0.25, 0.3) is 0 Å². The Hall–Kier alpha value is -1.62. The predicted octanol–water partition coefficient (Wildman–Crippen LogP) is 2.51. The number of halogens is 1. The van der Waals surface area contributed by atoms with Gasteiger partial charge in [0.2, 0.25) is 0 Å². The topological polar surface area (TPSA) is 55.6 Å². The van der Waals surface area contributed by atoms with E-state index in [9.17, 15) is 0 Å². The van der Waals surface area contributed by atoms with Gasteiger partial charge >= 0.3 is 0 Å². The summed E-state index contributed by atoms with van der Waals surface area (Å²) in [5.74, 6) is 0.802. The van der Waals surface area contributed by atoms with Gasteiger partial charge in [0.05, 0.1) is 41.5 Å². The fourth-order valence-electron chi connectivity index (χ4n) is 1.52. The van der Waals surface area contributed by atoms with Crippen LogP contribution < -0.4 is 5.32 Å². The molecular weight excluding hydrogens is 250 g/mol. The van der Waals surface area contributed by atoms with Gasteiger partial charge in [-0.2, -0.15) is 5.10 Å². The second-order valence-corrected chi connectivity index (χ2v) is 4.46. The van der Waals surface area contributed by atoms with E-state index in [1.807, 2.05) is 11.6 Å². The van der Waals surface area contributed by atoms with E-state index in [0.717, 1.165) is 30.2 Å². The molecule has 0 radical (unpaired) electrons. The molecule has 0 unspecified atom stereocenters. The van der Waals surface area contributed by atoms with Gasteiger partial charge in [0.15, 0.2) is 0 Å². The first-order valence-electron chi connectivity index (χ1n) is 5.93. The van der Waals surface area contributed by atoms with Gasteiger partial charge in [0, 0.05) is 6.54 Å². The minimum atomic E-state index is 0.583. The fourth-order valence-corrected chi connectivity index (χ4v) is 1.66. The lowest BCUT2D eigenvalue weighted by Gasteiger charge is -2.06. The van der Waals surface area contributed by atoms with Gasteiger partial charge < -0.3 is 5.32 Å². The molecule has 18 heavy (non-hydrogen) atoms. The monoisotopic (exact) mass is 265 g/mol. The molecule has 0 aliphatic rings. The summed E-state index contributed by atoms with van der Waals surface area (Å²) in [6, 6.07) is 0. The van der Waals surface area contributed by atoms with Gasteiger partial charge in [-0.25, -0.2) is 4.98 Å². The number of hydrogen-bond donors (Lipinski definition) is 1. The van der Waals surface area contributed by atoms with Crippen molar-refractivity contribution in [2.45, 2.75) is 26.8 Å². The van der Waals surface area contributed by atoms with E-state index in [1.165, 1.54) is 0 Å². The number of hydrogen-bond acceptors (Lipinski definition) is 4. The lowest BCUT2D eigenvalue weighted by atomic mass is 10.4. The number of nitrogens with zero attached hydrogens (tertiary/aromatic N) is 4. The van der Waals surface area contributed by atoms with Crippen molar-refractivity contribution in [2.24, 2.45) is 0 Å². The van der Waals surface area contributed by atoms with Gasteiger partial charge in [-0.1, -0.05) is 18.5 Å². The van der Waals surface area contributed by atoms with Crippen LogP contribution in [0.4, 0.5) is 5.82 Å². The van der Waals surface area contributed by atoms with Gasteiger partial charge in [-0.15, -0.1) is 0 Å². The van der Waals surface area contributed by atoms with Crippen molar-refractivity contribution >= 4 is 17.4 Å². The molecule has 96 valence electrons. The molecular formula is C12H16ClN5. The molecule has 0 aliphatic carbocycles. The van der Waals surface area contributed by atoms with Crippen LogP contribution in [-0.4, -0.2) is 26.3 Å². The molecule has 0 spiro atoms. The summed E-state index contributed by atoms with van der Waals surface area (Å²) in [6.45, 7) is 5.53. The SMILES string of the molecule is CCCNc1cnc(Cn2ncc(Cl)c2C)cn1. The summed E-state index contributed by atoms with van der Waals surface area (Å²) >= 11 is 5.95. The predicted molar refractivity (Wildman–Crippen MR) is 71.9 cm³/mol. The van der Waals surface area contributed by atoms with Crippen molar-refractivity contribution in [3.8, 4) is 0 Å². The molecule has 0 atom stereocenters. The van der Waals surface area contributed by atoms with Crippen molar-refractivity contribution in [3.63, 3.8) is 0 Å². The van der Waals surface area contributed by atoms with E-state index in [1.54, 1.807) is 18.6 Å². The van der Waals surface area contributed by atoms with Crippen molar-refractivity contribution < 1.29 is 0 Å². The zero-order valence-corrected chi connectivity index (χ0v) is 11.3. The molecule has 2 aromatic rings. The van der Waals surface area contributed by atoms with Crippen LogP contribution in [0.1, 0.15) is 24.7 Å². The summed E-state index contributed by atoms with van der Waals surface area (Å²) in [6.07, 6.45) is 6.20. The fraction of sp³-hybridized carbons (Fsp3) is 0.417. The van der Waals surface area contributed by atoms with Crippen LogP contribution in [0, 0.1) is 6.92 Å². The summed E-state index contributed by atoms with van der Waals surface area (Å²) in [5, 5.41) is 8.04. The van der Waals surface area contributed by atoms with Crippen LogP contribution in [-0.2, 0) is 6.54 Å². The summed E-state index contributed by atoms with van der Waals surface area (Å²) in [4.78, 5) is 8.65. The summed E-state index contributed by atoms with van der Waals surface area (Å²) in [5.41, 5.74) is 1.80. The zero-order chi connectivity index (χ0) is 13.0. The minimum absolute atomic E-state index is 0.583. The molecule has 0 saturated heterocycles. The lowest BCUT2D eigenvalue weighted by molar-refractivity contribution is 0.650. The van der Waals surface area contributed by atoms with Crippen molar-refractivity contribution in [3.05, 3.63) is 35.0 Å². The normalized spacial score (nSPS) is 10.6. The quantitative estimate of drug-likeness (QED) is 0.903. The van der Waals surface area contributed by atoms with Gasteiger partial charge in [0.1, 0.15) is 5.82 Å². The summed E-state index contributed by atoms with van der Waals surface area (Å²) in [7, 11) is 0. The number of rotatable bonds is 5. The number of anilines is 1. The average Bonchev–Trinajstić information content (AvgIpc) is 2.70. The molecule has 0 aliphatic heterocycles.